The van der Waals surface area contributed by atoms with Crippen molar-refractivity contribution in [3.63, 3.8) is 0 Å². The number of benzene rings is 1. The lowest BCUT2D eigenvalue weighted by atomic mass is 9.76. The highest BCUT2D eigenvalue weighted by atomic mass is 19.1. The van der Waals surface area contributed by atoms with Crippen LogP contribution < -0.4 is 10.1 Å². The lowest BCUT2D eigenvalue weighted by Crippen LogP contribution is -2.34. The molecule has 120 valence electrons. The highest BCUT2D eigenvalue weighted by molar-refractivity contribution is 5.84. The van der Waals surface area contributed by atoms with Gasteiger partial charge in [0.1, 0.15) is 5.82 Å². The van der Waals surface area contributed by atoms with Gasteiger partial charge in [-0.05, 0) is 36.5 Å². The molecular formula is C16H16FN3O3. The van der Waals surface area contributed by atoms with Gasteiger partial charge in [0.15, 0.2) is 17.3 Å². The third-order valence-corrected chi connectivity index (χ3v) is 4.01. The van der Waals surface area contributed by atoms with Gasteiger partial charge in [-0.25, -0.2) is 19.2 Å². The van der Waals surface area contributed by atoms with Gasteiger partial charge in [-0.3, -0.25) is 0 Å². The third kappa shape index (κ3) is 3.23. The number of methoxy groups -OCH3 is 1. The Kier molecular flexibility index (Phi) is 4.10. The Balaban J connectivity index is 1.56. The minimum absolute atomic E-state index is 0.0873. The van der Waals surface area contributed by atoms with Crippen LogP contribution in [0.25, 0.3) is 0 Å². The lowest BCUT2D eigenvalue weighted by molar-refractivity contribution is 0.0690. The van der Waals surface area contributed by atoms with Gasteiger partial charge in [0, 0.05) is 6.04 Å². The molecule has 0 atom stereocenters. The second kappa shape index (κ2) is 6.20. The topological polar surface area (TPSA) is 84.3 Å². The number of nitrogens with one attached hydrogen (secondary N) is 1. The maximum atomic E-state index is 13.7. The van der Waals surface area contributed by atoms with Gasteiger partial charge in [-0.2, -0.15) is 0 Å². The highest BCUT2D eigenvalue weighted by Crippen LogP contribution is 2.39. The first-order valence-electron chi connectivity index (χ1n) is 7.22. The quantitative estimate of drug-likeness (QED) is 0.882. The van der Waals surface area contributed by atoms with Gasteiger partial charge in [0.25, 0.3) is 0 Å². The Morgan fingerprint density at radius 2 is 2.13 bits per heavy atom. The number of carboxylic acids is 1. The molecule has 7 heteroatoms. The molecule has 0 bridgehead atoms. The number of halogens is 1. The van der Waals surface area contributed by atoms with Crippen LogP contribution in [0.4, 0.5) is 10.2 Å². The van der Waals surface area contributed by atoms with E-state index in [0.717, 1.165) is 18.4 Å². The summed E-state index contributed by atoms with van der Waals surface area (Å²) in [5.74, 6) is -0.374. The molecule has 1 aliphatic rings. The van der Waals surface area contributed by atoms with Crippen LogP contribution in [0.15, 0.2) is 30.6 Å². The minimum Gasteiger partial charge on any atom is -0.494 e. The molecule has 1 aliphatic carbocycles. The van der Waals surface area contributed by atoms with E-state index in [1.165, 1.54) is 25.6 Å². The number of carboxylic acid groups (broad SMARTS) is 1. The molecule has 23 heavy (non-hydrogen) atoms. The van der Waals surface area contributed by atoms with Crippen LogP contribution >= 0.6 is 0 Å². The van der Waals surface area contributed by atoms with Crippen LogP contribution in [0.3, 0.4) is 0 Å². The number of anilines is 1. The largest absolute Gasteiger partial charge is 0.494 e. The zero-order valence-corrected chi connectivity index (χ0v) is 12.5. The average molecular weight is 317 g/mol. The normalized spacial score (nSPS) is 19.7. The Morgan fingerprint density at radius 1 is 1.35 bits per heavy atom. The van der Waals surface area contributed by atoms with Crippen molar-refractivity contribution in [2.24, 2.45) is 0 Å². The Hall–Kier alpha value is -2.70. The molecule has 1 aromatic carbocycles. The smallest absolute Gasteiger partial charge is 0.356 e. The zero-order valence-electron chi connectivity index (χ0n) is 12.5. The standard InChI is InChI=1S/C16H16FN3O3/c1-23-14-3-2-9(6-12(14)17)10-4-11(5-10)20-15-8-18-13(7-19-15)16(21)22/h2-3,6-8,10-11H,4-5H2,1H3,(H,19,20)(H,21,22). The SMILES string of the molecule is COc1ccc(C2CC(Nc3cnc(C(=O)O)cn3)C2)cc1F. The van der Waals surface area contributed by atoms with Gasteiger partial charge < -0.3 is 15.2 Å². The van der Waals surface area contributed by atoms with Crippen molar-refractivity contribution in [3.05, 3.63) is 47.7 Å². The summed E-state index contributed by atoms with van der Waals surface area (Å²) in [6.45, 7) is 0. The van der Waals surface area contributed by atoms with E-state index in [9.17, 15) is 9.18 Å². The number of hydrogen-bond acceptors (Lipinski definition) is 5. The van der Waals surface area contributed by atoms with E-state index in [4.69, 9.17) is 9.84 Å². The van der Waals surface area contributed by atoms with Crippen molar-refractivity contribution in [1.82, 2.24) is 9.97 Å². The first kappa shape index (κ1) is 15.2. The molecule has 2 aromatic rings. The first-order chi connectivity index (χ1) is 11.1. The van der Waals surface area contributed by atoms with Gasteiger partial charge in [0.2, 0.25) is 0 Å². The summed E-state index contributed by atoms with van der Waals surface area (Å²) in [7, 11) is 1.44. The molecular weight excluding hydrogens is 301 g/mol. The number of aromatic carboxylic acids is 1. The monoisotopic (exact) mass is 317 g/mol. The maximum Gasteiger partial charge on any atom is 0.356 e. The van der Waals surface area contributed by atoms with E-state index in [-0.39, 0.29) is 23.3 Å². The van der Waals surface area contributed by atoms with E-state index in [1.807, 2.05) is 6.07 Å². The van der Waals surface area contributed by atoms with Crippen LogP contribution in [0.5, 0.6) is 5.75 Å². The second-order valence-corrected chi connectivity index (χ2v) is 5.50. The fraction of sp³-hybridized carbons (Fsp3) is 0.312. The van der Waals surface area contributed by atoms with E-state index in [2.05, 4.69) is 15.3 Å². The molecule has 6 nitrogen and oxygen atoms in total. The Labute approximate surface area is 132 Å². The highest BCUT2D eigenvalue weighted by Gasteiger charge is 2.31. The fourth-order valence-corrected chi connectivity index (χ4v) is 2.67. The zero-order chi connectivity index (χ0) is 16.4. The molecule has 0 aliphatic heterocycles. The summed E-state index contributed by atoms with van der Waals surface area (Å²) < 4.78 is 18.6. The van der Waals surface area contributed by atoms with Gasteiger partial charge in [-0.15, -0.1) is 0 Å². The number of aromatic nitrogens is 2. The van der Waals surface area contributed by atoms with E-state index in [1.54, 1.807) is 6.07 Å². The number of carbonyl (C=O) groups is 1. The Morgan fingerprint density at radius 3 is 2.70 bits per heavy atom. The van der Waals surface area contributed by atoms with Crippen LogP contribution in [-0.2, 0) is 0 Å². The first-order valence-corrected chi connectivity index (χ1v) is 7.22. The number of ether oxygens (including phenoxy) is 1. The van der Waals surface area contributed by atoms with Crippen LogP contribution in [-0.4, -0.2) is 34.2 Å². The second-order valence-electron chi connectivity index (χ2n) is 5.50. The van der Waals surface area contributed by atoms with E-state index >= 15 is 0 Å². The summed E-state index contributed by atoms with van der Waals surface area (Å²) in [6, 6.07) is 5.25. The van der Waals surface area contributed by atoms with Crippen molar-refractivity contribution in [2.75, 3.05) is 12.4 Å². The molecule has 0 saturated heterocycles. The predicted octanol–water partition coefficient (Wildman–Crippen LogP) is 2.68. The van der Waals surface area contributed by atoms with Gasteiger partial charge in [0.05, 0.1) is 19.5 Å². The third-order valence-electron chi connectivity index (χ3n) is 4.01. The summed E-state index contributed by atoms with van der Waals surface area (Å²) in [5.41, 5.74) is 0.865. The molecule has 2 N–H and O–H groups in total. The maximum absolute atomic E-state index is 13.7. The Bertz CT molecular complexity index is 715. The van der Waals surface area contributed by atoms with Crippen molar-refractivity contribution in [3.8, 4) is 5.75 Å². The number of hydrogen-bond donors (Lipinski definition) is 2. The molecule has 1 aromatic heterocycles. The van der Waals surface area contributed by atoms with Crippen LogP contribution in [0.2, 0.25) is 0 Å². The molecule has 1 heterocycles. The molecule has 0 spiro atoms. The van der Waals surface area contributed by atoms with Crippen molar-refractivity contribution in [2.45, 2.75) is 24.8 Å². The molecule has 0 unspecified atom stereocenters. The fourth-order valence-electron chi connectivity index (χ4n) is 2.67. The molecule has 1 saturated carbocycles. The van der Waals surface area contributed by atoms with E-state index in [0.29, 0.717) is 11.7 Å². The average Bonchev–Trinajstić information content (AvgIpc) is 2.51. The van der Waals surface area contributed by atoms with Crippen LogP contribution in [0, 0.1) is 5.82 Å². The summed E-state index contributed by atoms with van der Waals surface area (Å²) in [5, 5.41) is 12.0. The van der Waals surface area contributed by atoms with Crippen LogP contribution in [0.1, 0.15) is 34.8 Å². The molecule has 0 radical (unpaired) electrons. The van der Waals surface area contributed by atoms with Crippen molar-refractivity contribution >= 4 is 11.8 Å². The minimum atomic E-state index is -1.10. The van der Waals surface area contributed by atoms with Gasteiger partial charge in [-0.1, -0.05) is 6.07 Å². The number of nitrogens with zero attached hydrogens (tertiary/aromatic N) is 2. The van der Waals surface area contributed by atoms with Crippen molar-refractivity contribution in [1.29, 1.82) is 0 Å². The molecule has 1 fully saturated rings. The summed E-state index contributed by atoms with van der Waals surface area (Å²) in [6.07, 6.45) is 4.34. The number of rotatable bonds is 5. The van der Waals surface area contributed by atoms with Crippen molar-refractivity contribution < 1.29 is 19.0 Å². The molecule has 3 rings (SSSR count). The molecule has 0 amide bonds. The lowest BCUT2D eigenvalue weighted by Gasteiger charge is -2.36. The predicted molar refractivity (Wildman–Crippen MR) is 81.3 cm³/mol. The van der Waals surface area contributed by atoms with Gasteiger partial charge >= 0.3 is 5.97 Å². The summed E-state index contributed by atoms with van der Waals surface area (Å²) >= 11 is 0. The van der Waals surface area contributed by atoms with E-state index < -0.39 is 5.97 Å². The summed E-state index contributed by atoms with van der Waals surface area (Å²) in [4.78, 5) is 18.5.